The van der Waals surface area contributed by atoms with Crippen molar-refractivity contribution in [3.05, 3.63) is 33.7 Å². The molecule has 0 atom stereocenters. The number of hydrogen-bond acceptors (Lipinski definition) is 2. The molecule has 70 valence electrons. The van der Waals surface area contributed by atoms with E-state index in [0.29, 0.717) is 5.75 Å². The molecular weight excluding hydrogens is 180 g/mol. The van der Waals surface area contributed by atoms with Crippen molar-refractivity contribution in [1.29, 1.82) is 0 Å². The molecule has 0 bridgehead atoms. The highest BCUT2D eigenvalue weighted by atomic mass is 32.1. The number of phenolic OH excluding ortho intramolecular Hbond substituents is 1. The van der Waals surface area contributed by atoms with Gasteiger partial charge in [-0.15, -0.1) is 0 Å². The van der Waals surface area contributed by atoms with Crippen LogP contribution in [0.4, 0.5) is 0 Å². The molecule has 1 aromatic rings. The van der Waals surface area contributed by atoms with Crippen molar-refractivity contribution in [2.75, 3.05) is 0 Å². The number of aryl methyl sites for hydroxylation is 1. The minimum Gasteiger partial charge on any atom is -0.507 e. The first-order valence-corrected chi connectivity index (χ1v) is 4.70. The third-order valence-corrected chi connectivity index (χ3v) is 2.51. The van der Waals surface area contributed by atoms with E-state index in [1.54, 1.807) is 5.41 Å². The molecule has 2 heteroatoms. The smallest absolute Gasteiger partial charge is 0.122 e. The summed E-state index contributed by atoms with van der Waals surface area (Å²) in [5.41, 5.74) is 3.99. The van der Waals surface area contributed by atoms with Gasteiger partial charge in [0.05, 0.1) is 0 Å². The van der Waals surface area contributed by atoms with Gasteiger partial charge in [0.1, 0.15) is 5.75 Å². The maximum atomic E-state index is 9.74. The van der Waals surface area contributed by atoms with Crippen molar-refractivity contribution in [2.45, 2.75) is 20.8 Å². The fourth-order valence-corrected chi connectivity index (χ4v) is 1.47. The Kier molecular flexibility index (Phi) is 3.04. The van der Waals surface area contributed by atoms with Crippen LogP contribution in [0.2, 0.25) is 0 Å². The second-order valence-corrected chi connectivity index (χ2v) is 3.50. The molecule has 0 radical (unpaired) electrons. The Balaban J connectivity index is 3.40. The molecule has 1 aromatic carbocycles. The first kappa shape index (κ1) is 10.2. The van der Waals surface area contributed by atoms with E-state index in [2.05, 4.69) is 18.7 Å². The molecule has 0 saturated heterocycles. The summed E-state index contributed by atoms with van der Waals surface area (Å²) in [6.45, 7) is 5.82. The highest BCUT2D eigenvalue weighted by molar-refractivity contribution is 7.83. The normalized spacial score (nSPS) is 11.1. The summed E-state index contributed by atoms with van der Waals surface area (Å²) in [4.78, 5) is 0. The number of thiol groups is 1. The van der Waals surface area contributed by atoms with Crippen LogP contribution in [-0.4, -0.2) is 5.11 Å². The molecule has 0 aliphatic carbocycles. The molecule has 0 saturated carbocycles. The minimum absolute atomic E-state index is 0.390. The molecule has 13 heavy (non-hydrogen) atoms. The Morgan fingerprint density at radius 1 is 1.23 bits per heavy atom. The van der Waals surface area contributed by atoms with Gasteiger partial charge >= 0.3 is 0 Å². The Labute approximate surface area is 84.5 Å². The summed E-state index contributed by atoms with van der Waals surface area (Å²) < 4.78 is 0. The predicted octanol–water partition coefficient (Wildman–Crippen LogP) is 3.22. The largest absolute Gasteiger partial charge is 0.507 e. The second kappa shape index (κ2) is 3.88. The third-order valence-electron chi connectivity index (χ3n) is 2.36. The van der Waals surface area contributed by atoms with Gasteiger partial charge in [0.15, 0.2) is 0 Å². The standard InChI is InChI=1S/C11H14OS/c1-7-6-10(4-5-13)9(3)11(12)8(7)2/h4-6,12-13H,1-3H3/b5-4-. The minimum atomic E-state index is 0.390. The maximum Gasteiger partial charge on any atom is 0.122 e. The zero-order valence-electron chi connectivity index (χ0n) is 8.13. The van der Waals surface area contributed by atoms with Crippen molar-refractivity contribution in [3.63, 3.8) is 0 Å². The van der Waals surface area contributed by atoms with Crippen molar-refractivity contribution < 1.29 is 5.11 Å². The Morgan fingerprint density at radius 3 is 2.38 bits per heavy atom. The van der Waals surface area contributed by atoms with Gasteiger partial charge in [-0.25, -0.2) is 0 Å². The fourth-order valence-electron chi connectivity index (χ4n) is 1.31. The molecule has 0 fully saturated rings. The first-order valence-electron chi connectivity index (χ1n) is 4.18. The molecule has 0 aromatic heterocycles. The lowest BCUT2D eigenvalue weighted by Gasteiger charge is -2.09. The van der Waals surface area contributed by atoms with Crippen LogP contribution in [-0.2, 0) is 0 Å². The van der Waals surface area contributed by atoms with Gasteiger partial charge in [-0.1, -0.05) is 6.07 Å². The number of rotatable bonds is 1. The van der Waals surface area contributed by atoms with Crippen LogP contribution in [0.15, 0.2) is 11.5 Å². The van der Waals surface area contributed by atoms with Gasteiger partial charge in [-0.3, -0.25) is 0 Å². The molecular formula is C11H14OS. The summed E-state index contributed by atoms with van der Waals surface area (Å²) >= 11 is 4.01. The van der Waals surface area contributed by atoms with E-state index in [4.69, 9.17) is 0 Å². The lowest BCUT2D eigenvalue weighted by atomic mass is 9.99. The summed E-state index contributed by atoms with van der Waals surface area (Å²) in [5.74, 6) is 0.390. The highest BCUT2D eigenvalue weighted by Crippen LogP contribution is 2.28. The monoisotopic (exact) mass is 194 g/mol. The summed E-state index contributed by atoms with van der Waals surface area (Å²) in [7, 11) is 0. The lowest BCUT2D eigenvalue weighted by molar-refractivity contribution is 0.466. The number of aromatic hydroxyl groups is 1. The van der Waals surface area contributed by atoms with Crippen LogP contribution in [0.3, 0.4) is 0 Å². The Hall–Kier alpha value is -0.890. The van der Waals surface area contributed by atoms with Crippen molar-refractivity contribution in [1.82, 2.24) is 0 Å². The van der Waals surface area contributed by atoms with Crippen molar-refractivity contribution in [3.8, 4) is 5.75 Å². The van der Waals surface area contributed by atoms with E-state index in [9.17, 15) is 5.11 Å². The highest BCUT2D eigenvalue weighted by Gasteiger charge is 2.06. The van der Waals surface area contributed by atoms with E-state index in [1.807, 2.05) is 26.8 Å². The van der Waals surface area contributed by atoms with E-state index in [1.165, 1.54) is 0 Å². The van der Waals surface area contributed by atoms with Crippen LogP contribution >= 0.6 is 12.6 Å². The molecule has 1 rings (SSSR count). The van der Waals surface area contributed by atoms with E-state index in [-0.39, 0.29) is 0 Å². The number of phenols is 1. The van der Waals surface area contributed by atoms with Crippen LogP contribution in [0, 0.1) is 20.8 Å². The van der Waals surface area contributed by atoms with Crippen molar-refractivity contribution >= 4 is 18.7 Å². The SMILES string of the molecule is Cc1cc(/C=C\S)c(C)c(O)c1C. The summed E-state index contributed by atoms with van der Waals surface area (Å²) in [6.07, 6.45) is 1.88. The topological polar surface area (TPSA) is 20.2 Å². The molecule has 0 spiro atoms. The quantitative estimate of drug-likeness (QED) is 0.658. The van der Waals surface area contributed by atoms with Gasteiger partial charge in [0, 0.05) is 0 Å². The molecule has 0 aliphatic rings. The van der Waals surface area contributed by atoms with Gasteiger partial charge in [-0.05, 0) is 54.5 Å². The first-order chi connectivity index (χ1) is 6.07. The van der Waals surface area contributed by atoms with Crippen LogP contribution in [0.25, 0.3) is 6.08 Å². The van der Waals surface area contributed by atoms with Gasteiger partial charge < -0.3 is 5.11 Å². The maximum absolute atomic E-state index is 9.74. The molecule has 0 unspecified atom stereocenters. The zero-order valence-corrected chi connectivity index (χ0v) is 9.02. The van der Waals surface area contributed by atoms with E-state index < -0.39 is 0 Å². The predicted molar refractivity (Wildman–Crippen MR) is 60.3 cm³/mol. The number of hydrogen-bond donors (Lipinski definition) is 2. The van der Waals surface area contributed by atoms with Gasteiger partial charge in [0.2, 0.25) is 0 Å². The summed E-state index contributed by atoms with van der Waals surface area (Å²) in [5, 5.41) is 11.4. The Morgan fingerprint density at radius 2 is 1.85 bits per heavy atom. The van der Waals surface area contributed by atoms with Crippen LogP contribution < -0.4 is 0 Å². The summed E-state index contributed by atoms with van der Waals surface area (Å²) in [6, 6.07) is 2.05. The fraction of sp³-hybridized carbons (Fsp3) is 0.273. The van der Waals surface area contributed by atoms with E-state index in [0.717, 1.165) is 22.3 Å². The average molecular weight is 194 g/mol. The lowest BCUT2D eigenvalue weighted by Crippen LogP contribution is -1.89. The van der Waals surface area contributed by atoms with Gasteiger partial charge in [0.25, 0.3) is 0 Å². The average Bonchev–Trinajstić information content (AvgIpc) is 2.11. The molecule has 0 heterocycles. The second-order valence-electron chi connectivity index (χ2n) is 3.20. The van der Waals surface area contributed by atoms with E-state index >= 15 is 0 Å². The van der Waals surface area contributed by atoms with Crippen LogP contribution in [0.1, 0.15) is 22.3 Å². The zero-order chi connectivity index (χ0) is 10.0. The van der Waals surface area contributed by atoms with Crippen molar-refractivity contribution in [2.24, 2.45) is 0 Å². The molecule has 1 nitrogen and oxygen atoms in total. The number of benzene rings is 1. The molecule has 0 aliphatic heterocycles. The molecule has 1 N–H and O–H groups in total. The molecule has 0 amide bonds. The van der Waals surface area contributed by atoms with Gasteiger partial charge in [-0.2, -0.15) is 12.6 Å². The van der Waals surface area contributed by atoms with Crippen LogP contribution in [0.5, 0.6) is 5.75 Å². The third kappa shape index (κ3) is 1.89. The Bertz CT molecular complexity index is 354.